The maximum atomic E-state index is 12.0. The van der Waals surface area contributed by atoms with Crippen LogP contribution in [0.1, 0.15) is 27.2 Å². The maximum Gasteiger partial charge on any atom is 0.317 e. The summed E-state index contributed by atoms with van der Waals surface area (Å²) >= 11 is 0. The van der Waals surface area contributed by atoms with Gasteiger partial charge < -0.3 is 15.3 Å². The smallest absolute Gasteiger partial charge is 0.317 e. The summed E-state index contributed by atoms with van der Waals surface area (Å²) in [5, 5.41) is 14.3. The Balaban J connectivity index is 1.47. The molecule has 0 aliphatic carbocycles. The molecule has 0 bridgehead atoms. The predicted molar refractivity (Wildman–Crippen MR) is 97.9 cm³/mol. The third kappa shape index (κ3) is 4.91. The second-order valence-electron chi connectivity index (χ2n) is 5.89. The number of amides is 1. The van der Waals surface area contributed by atoms with Crippen LogP contribution in [-0.2, 0) is 24.5 Å². The number of carbonyl (C=O) groups is 1. The van der Waals surface area contributed by atoms with Gasteiger partial charge in [0.1, 0.15) is 0 Å². The van der Waals surface area contributed by atoms with Crippen LogP contribution in [0.4, 0.5) is 0 Å². The number of nitrogens with zero attached hydrogens (tertiary/aromatic N) is 1. The number of aromatic nitrogens is 1. The van der Waals surface area contributed by atoms with Crippen LogP contribution in [0.25, 0.3) is 0 Å². The fourth-order valence-electron chi connectivity index (χ4n) is 2.49. The van der Waals surface area contributed by atoms with Crippen molar-refractivity contribution in [1.29, 1.82) is 0 Å². The van der Waals surface area contributed by atoms with Gasteiger partial charge in [0.05, 0.1) is 13.2 Å². The summed E-state index contributed by atoms with van der Waals surface area (Å²) in [4.78, 5) is 12.0. The average Bonchev–Trinajstić information content (AvgIpc) is 2.68. The van der Waals surface area contributed by atoms with Crippen molar-refractivity contribution < 1.29 is 14.3 Å². The molecule has 0 spiro atoms. The molecule has 0 atom stereocenters. The summed E-state index contributed by atoms with van der Waals surface area (Å²) < 4.78 is 6.27. The van der Waals surface area contributed by atoms with Gasteiger partial charge >= 0.3 is 5.91 Å². The van der Waals surface area contributed by atoms with E-state index in [1.165, 1.54) is 12.3 Å². The molecule has 3 rings (SSSR count). The molecule has 0 radical (unpaired) electrons. The minimum atomic E-state index is -0.393. The SMILES string of the molecule is O=C(NCc1ccc(COCc2ccccc2)cc1)c1cccc[n+]1[O-]. The van der Waals surface area contributed by atoms with Crippen LogP contribution in [0.5, 0.6) is 0 Å². The highest BCUT2D eigenvalue weighted by Gasteiger charge is 2.14. The number of rotatable bonds is 7. The maximum absolute atomic E-state index is 12.0. The monoisotopic (exact) mass is 348 g/mol. The molecule has 3 aromatic rings. The van der Waals surface area contributed by atoms with Gasteiger partial charge in [0.25, 0.3) is 5.69 Å². The fraction of sp³-hybridized carbons (Fsp3) is 0.143. The van der Waals surface area contributed by atoms with Gasteiger partial charge in [-0.2, -0.15) is 4.73 Å². The molecule has 1 amide bonds. The molecule has 0 aliphatic heterocycles. The van der Waals surface area contributed by atoms with Crippen molar-refractivity contribution in [3.05, 3.63) is 107 Å². The number of hydrogen-bond acceptors (Lipinski definition) is 3. The van der Waals surface area contributed by atoms with E-state index in [9.17, 15) is 10.0 Å². The van der Waals surface area contributed by atoms with E-state index in [4.69, 9.17) is 4.74 Å². The summed E-state index contributed by atoms with van der Waals surface area (Å²) in [6.45, 7) is 1.46. The van der Waals surface area contributed by atoms with Crippen molar-refractivity contribution in [3.63, 3.8) is 0 Å². The molecular formula is C21H20N2O3. The van der Waals surface area contributed by atoms with Gasteiger partial charge in [0, 0.05) is 18.7 Å². The number of hydrogen-bond donors (Lipinski definition) is 1. The molecule has 2 aromatic carbocycles. The van der Waals surface area contributed by atoms with Crippen molar-refractivity contribution in [1.82, 2.24) is 5.32 Å². The topological polar surface area (TPSA) is 65.3 Å². The Hall–Kier alpha value is -3.18. The van der Waals surface area contributed by atoms with Crippen LogP contribution in [0.15, 0.2) is 79.0 Å². The second-order valence-corrected chi connectivity index (χ2v) is 5.89. The number of carbonyl (C=O) groups excluding carboxylic acids is 1. The minimum Gasteiger partial charge on any atom is -0.618 e. The molecule has 0 aliphatic rings. The molecule has 5 nitrogen and oxygen atoms in total. The van der Waals surface area contributed by atoms with Crippen LogP contribution in [-0.4, -0.2) is 5.91 Å². The highest BCUT2D eigenvalue weighted by molar-refractivity contribution is 5.90. The summed E-state index contributed by atoms with van der Waals surface area (Å²) in [7, 11) is 0. The van der Waals surface area contributed by atoms with E-state index >= 15 is 0 Å². The van der Waals surface area contributed by atoms with Crippen molar-refractivity contribution in [2.45, 2.75) is 19.8 Å². The second kappa shape index (κ2) is 8.78. The van der Waals surface area contributed by atoms with E-state index in [-0.39, 0.29) is 5.69 Å². The molecule has 1 heterocycles. The van der Waals surface area contributed by atoms with Gasteiger partial charge in [-0.05, 0) is 22.8 Å². The first-order chi connectivity index (χ1) is 12.7. The van der Waals surface area contributed by atoms with Crippen molar-refractivity contribution in [2.75, 3.05) is 0 Å². The molecular weight excluding hydrogens is 328 g/mol. The molecule has 1 aromatic heterocycles. The summed E-state index contributed by atoms with van der Waals surface area (Å²) in [6.07, 6.45) is 1.30. The molecule has 0 unspecified atom stereocenters. The van der Waals surface area contributed by atoms with Crippen LogP contribution >= 0.6 is 0 Å². The zero-order valence-corrected chi connectivity index (χ0v) is 14.3. The van der Waals surface area contributed by atoms with Gasteiger partial charge in [0.15, 0.2) is 6.20 Å². The normalized spacial score (nSPS) is 10.5. The van der Waals surface area contributed by atoms with Gasteiger partial charge in [-0.3, -0.25) is 4.79 Å². The van der Waals surface area contributed by atoms with E-state index in [1.807, 2.05) is 54.6 Å². The molecule has 5 heteroatoms. The largest absolute Gasteiger partial charge is 0.618 e. The Bertz CT molecular complexity index is 849. The molecule has 0 saturated heterocycles. The quantitative estimate of drug-likeness (QED) is 0.527. The molecule has 0 fully saturated rings. The van der Waals surface area contributed by atoms with Crippen LogP contribution in [0, 0.1) is 5.21 Å². The number of ether oxygens (including phenoxy) is 1. The molecule has 1 N–H and O–H groups in total. The van der Waals surface area contributed by atoms with E-state index in [1.54, 1.807) is 12.1 Å². The van der Waals surface area contributed by atoms with Crippen LogP contribution < -0.4 is 10.0 Å². The number of pyridine rings is 1. The first-order valence-electron chi connectivity index (χ1n) is 8.38. The Kier molecular flexibility index (Phi) is 5.96. The van der Waals surface area contributed by atoms with Gasteiger partial charge in [-0.15, -0.1) is 0 Å². The van der Waals surface area contributed by atoms with Gasteiger partial charge in [-0.1, -0.05) is 54.6 Å². The van der Waals surface area contributed by atoms with E-state index < -0.39 is 5.91 Å². The lowest BCUT2D eigenvalue weighted by Gasteiger charge is -2.08. The van der Waals surface area contributed by atoms with Gasteiger partial charge in [0.2, 0.25) is 0 Å². The Morgan fingerprint density at radius 3 is 2.15 bits per heavy atom. The number of nitrogens with one attached hydrogen (secondary N) is 1. The first-order valence-corrected chi connectivity index (χ1v) is 8.38. The van der Waals surface area contributed by atoms with Crippen molar-refractivity contribution in [2.24, 2.45) is 0 Å². The van der Waals surface area contributed by atoms with E-state index in [2.05, 4.69) is 5.32 Å². The first kappa shape index (κ1) is 17.6. The molecule has 132 valence electrons. The van der Waals surface area contributed by atoms with Crippen LogP contribution in [0.2, 0.25) is 0 Å². The highest BCUT2D eigenvalue weighted by Crippen LogP contribution is 2.08. The summed E-state index contributed by atoms with van der Waals surface area (Å²) in [5.74, 6) is -0.393. The lowest BCUT2D eigenvalue weighted by atomic mass is 10.1. The lowest BCUT2D eigenvalue weighted by molar-refractivity contribution is -0.607. The fourth-order valence-corrected chi connectivity index (χ4v) is 2.49. The zero-order valence-electron chi connectivity index (χ0n) is 14.3. The lowest BCUT2D eigenvalue weighted by Crippen LogP contribution is -2.38. The molecule has 26 heavy (non-hydrogen) atoms. The summed E-state index contributed by atoms with van der Waals surface area (Å²) in [5.41, 5.74) is 3.25. The average molecular weight is 348 g/mol. The predicted octanol–water partition coefficient (Wildman–Crippen LogP) is 2.97. The third-order valence-corrected chi connectivity index (χ3v) is 3.91. The highest BCUT2D eigenvalue weighted by atomic mass is 16.5. The Morgan fingerprint density at radius 1 is 0.846 bits per heavy atom. The van der Waals surface area contributed by atoms with Crippen LogP contribution in [0.3, 0.4) is 0 Å². The Morgan fingerprint density at radius 2 is 1.46 bits per heavy atom. The number of benzene rings is 2. The summed E-state index contributed by atoms with van der Waals surface area (Å²) in [6, 6.07) is 22.6. The van der Waals surface area contributed by atoms with Crippen molar-refractivity contribution >= 4 is 5.91 Å². The minimum absolute atomic E-state index is 0.0819. The Labute approximate surface area is 152 Å². The van der Waals surface area contributed by atoms with Gasteiger partial charge in [-0.25, -0.2) is 0 Å². The third-order valence-electron chi connectivity index (χ3n) is 3.91. The van der Waals surface area contributed by atoms with E-state index in [0.29, 0.717) is 24.5 Å². The zero-order chi connectivity index (χ0) is 18.2. The van der Waals surface area contributed by atoms with Crippen molar-refractivity contribution in [3.8, 4) is 0 Å². The van der Waals surface area contributed by atoms with E-state index in [0.717, 1.165) is 16.7 Å². The molecule has 0 saturated carbocycles. The standard InChI is InChI=1S/C21H20N2O3/c24-21(20-8-4-5-13-23(20)25)22-14-17-9-11-19(12-10-17)16-26-15-18-6-2-1-3-7-18/h1-13H,14-16H2,(H,22,24).